The van der Waals surface area contributed by atoms with Gasteiger partial charge in [0.2, 0.25) is 0 Å². The Hall–Kier alpha value is -2.35. The minimum Gasteiger partial charge on any atom is -0.498 e. The van der Waals surface area contributed by atoms with E-state index < -0.39 is 11.7 Å². The number of aromatic nitrogens is 1. The number of fused-ring (bicyclic) bond motifs is 2. The molecule has 3 aliphatic rings. The third-order valence-corrected chi connectivity index (χ3v) is 6.15. The average molecular weight is 384 g/mol. The molecule has 1 spiro atoms. The van der Waals surface area contributed by atoms with E-state index in [1.807, 2.05) is 50.5 Å². The molecule has 1 saturated heterocycles. The topological polar surface area (TPSA) is 77.2 Å². The van der Waals surface area contributed by atoms with Crippen molar-refractivity contribution in [3.8, 4) is 5.88 Å². The van der Waals surface area contributed by atoms with Crippen LogP contribution in [0.2, 0.25) is 0 Å². The molecule has 5 atom stereocenters. The molecule has 3 heterocycles. The zero-order valence-corrected chi connectivity index (χ0v) is 16.2. The highest BCUT2D eigenvalue weighted by molar-refractivity contribution is 5.45. The van der Waals surface area contributed by atoms with Crippen molar-refractivity contribution in [3.05, 3.63) is 59.1 Å². The van der Waals surface area contributed by atoms with Gasteiger partial charge in [0.25, 0.3) is 5.88 Å². The fraction of sp³-hybridized carbons (Fsp3) is 0.476. The van der Waals surface area contributed by atoms with Crippen molar-refractivity contribution in [2.24, 2.45) is 5.92 Å². The van der Waals surface area contributed by atoms with E-state index in [-0.39, 0.29) is 18.1 Å². The first-order valence-electron chi connectivity index (χ1n) is 9.51. The summed E-state index contributed by atoms with van der Waals surface area (Å²) in [6.07, 6.45) is 1.73. The lowest BCUT2D eigenvalue weighted by Gasteiger charge is -2.46. The maximum Gasteiger partial charge on any atom is 0.260 e. The van der Waals surface area contributed by atoms with E-state index in [1.54, 1.807) is 7.11 Å². The summed E-state index contributed by atoms with van der Waals surface area (Å²) >= 11 is 0. The van der Waals surface area contributed by atoms with Crippen molar-refractivity contribution in [2.45, 2.75) is 36.9 Å². The lowest BCUT2D eigenvalue weighted by molar-refractivity contribution is -0.132. The maximum absolute atomic E-state index is 11.4. The van der Waals surface area contributed by atoms with E-state index in [2.05, 4.69) is 10.1 Å². The second-order valence-electron chi connectivity index (χ2n) is 7.88. The molecule has 148 valence electrons. The van der Waals surface area contributed by atoms with Crippen LogP contribution in [0.1, 0.15) is 35.5 Å². The molecule has 2 aliphatic heterocycles. The molecule has 0 saturated carbocycles. The molecular formula is C21H24N2O5. The molecule has 1 fully saturated rings. The Morgan fingerprint density at radius 3 is 2.79 bits per heavy atom. The summed E-state index contributed by atoms with van der Waals surface area (Å²) in [5.41, 5.74) is 0.634. The van der Waals surface area contributed by atoms with Gasteiger partial charge < -0.3 is 23.8 Å². The lowest BCUT2D eigenvalue weighted by atomic mass is 9.66. The normalized spacial score (nSPS) is 32.8. The minimum absolute atomic E-state index is 0.00451. The Morgan fingerprint density at radius 1 is 1.29 bits per heavy atom. The molecule has 2 aromatic rings. The van der Waals surface area contributed by atoms with Crippen LogP contribution in [0.3, 0.4) is 0 Å². The van der Waals surface area contributed by atoms with Crippen molar-refractivity contribution >= 4 is 0 Å². The van der Waals surface area contributed by atoms with Gasteiger partial charge in [0.05, 0.1) is 24.8 Å². The molecule has 1 aromatic carbocycles. The third kappa shape index (κ3) is 2.30. The van der Waals surface area contributed by atoms with Gasteiger partial charge in [-0.1, -0.05) is 30.3 Å². The van der Waals surface area contributed by atoms with Crippen molar-refractivity contribution in [1.29, 1.82) is 0 Å². The van der Waals surface area contributed by atoms with Gasteiger partial charge in [-0.2, -0.15) is 0 Å². The summed E-state index contributed by atoms with van der Waals surface area (Å²) in [5, 5.41) is 15.6. The Balaban J connectivity index is 1.56. The van der Waals surface area contributed by atoms with Crippen molar-refractivity contribution in [3.63, 3.8) is 0 Å². The fourth-order valence-electron chi connectivity index (χ4n) is 5.03. The van der Waals surface area contributed by atoms with Gasteiger partial charge in [-0.15, -0.1) is 0 Å². The fourth-order valence-corrected chi connectivity index (χ4v) is 5.03. The predicted molar refractivity (Wildman–Crippen MR) is 99.5 cm³/mol. The number of rotatable bonds is 5. The van der Waals surface area contributed by atoms with Gasteiger partial charge in [0, 0.05) is 5.92 Å². The van der Waals surface area contributed by atoms with E-state index in [1.165, 1.54) is 0 Å². The van der Waals surface area contributed by atoms with Gasteiger partial charge in [-0.05, 0) is 37.3 Å². The molecule has 2 bridgehead atoms. The summed E-state index contributed by atoms with van der Waals surface area (Å²) in [6.45, 7) is 0.339. The molecule has 0 radical (unpaired) electrons. The van der Waals surface area contributed by atoms with E-state index in [0.29, 0.717) is 29.6 Å². The standard InChI is InChI=1S/C21H24N2O5/c1-23(2)17-14-9-13-10-15(25-3)21(14,27-13)19(24)16-18(17)28-22-20(16)26-11-12-7-5-4-6-8-12/h4-8,10,13-14,17,19,24H,9,11H2,1-3H3/t13-,14-,17-,19+,21+/m0/s1. The number of benzene rings is 1. The van der Waals surface area contributed by atoms with E-state index in [0.717, 1.165) is 12.0 Å². The number of hydrogen-bond acceptors (Lipinski definition) is 7. The first-order chi connectivity index (χ1) is 13.6. The van der Waals surface area contributed by atoms with Crippen LogP contribution in [-0.4, -0.2) is 48.1 Å². The van der Waals surface area contributed by atoms with Crippen LogP contribution in [0.4, 0.5) is 0 Å². The quantitative estimate of drug-likeness (QED) is 0.849. The number of aliphatic hydroxyl groups is 1. The first kappa shape index (κ1) is 17.7. The average Bonchev–Trinajstić information content (AvgIpc) is 3.38. The van der Waals surface area contributed by atoms with Crippen LogP contribution in [0.25, 0.3) is 0 Å². The van der Waals surface area contributed by atoms with Gasteiger partial charge in [0.1, 0.15) is 18.5 Å². The molecule has 7 nitrogen and oxygen atoms in total. The predicted octanol–water partition coefficient (Wildman–Crippen LogP) is 2.59. The number of hydrogen-bond donors (Lipinski definition) is 1. The van der Waals surface area contributed by atoms with Crippen LogP contribution in [0.5, 0.6) is 5.88 Å². The highest BCUT2D eigenvalue weighted by atomic mass is 16.6. The van der Waals surface area contributed by atoms with Crippen molar-refractivity contribution in [1.82, 2.24) is 10.1 Å². The van der Waals surface area contributed by atoms with Gasteiger partial charge in [-0.3, -0.25) is 4.90 Å². The largest absolute Gasteiger partial charge is 0.498 e. The number of methoxy groups -OCH3 is 1. The van der Waals surface area contributed by atoms with Crippen LogP contribution < -0.4 is 4.74 Å². The molecule has 5 rings (SSSR count). The van der Waals surface area contributed by atoms with Crippen LogP contribution in [0, 0.1) is 5.92 Å². The number of ether oxygens (including phenoxy) is 3. The number of aliphatic hydroxyl groups excluding tert-OH is 1. The second-order valence-corrected chi connectivity index (χ2v) is 7.88. The highest BCUT2D eigenvalue weighted by Gasteiger charge is 2.68. The first-order valence-corrected chi connectivity index (χ1v) is 9.51. The van der Waals surface area contributed by atoms with Crippen molar-refractivity contribution < 1.29 is 23.8 Å². The van der Waals surface area contributed by atoms with E-state index in [9.17, 15) is 5.11 Å². The Bertz CT molecular complexity index is 909. The van der Waals surface area contributed by atoms with E-state index >= 15 is 0 Å². The highest BCUT2D eigenvalue weighted by Crippen LogP contribution is 2.63. The lowest BCUT2D eigenvalue weighted by Crippen LogP contribution is -2.51. The molecule has 0 amide bonds. The summed E-state index contributed by atoms with van der Waals surface area (Å²) in [7, 11) is 5.61. The molecule has 28 heavy (non-hydrogen) atoms. The van der Waals surface area contributed by atoms with Gasteiger partial charge in [0.15, 0.2) is 11.4 Å². The number of nitrogens with zero attached hydrogens (tertiary/aromatic N) is 2. The van der Waals surface area contributed by atoms with Crippen LogP contribution >= 0.6 is 0 Å². The Kier molecular flexibility index (Phi) is 4.01. The molecule has 0 unspecified atom stereocenters. The molecule has 1 N–H and O–H groups in total. The Labute approximate surface area is 163 Å². The smallest absolute Gasteiger partial charge is 0.260 e. The van der Waals surface area contributed by atoms with Crippen LogP contribution in [0.15, 0.2) is 46.7 Å². The van der Waals surface area contributed by atoms with E-state index in [4.69, 9.17) is 18.7 Å². The summed E-state index contributed by atoms with van der Waals surface area (Å²) in [4.78, 5) is 2.08. The SMILES string of the molecule is COC1=C[C@@H]2C[C@H]3[C@H](N(C)C)c4onc(OCc5ccccc5)c4[C@@H](O)[C@]13O2. The molecular weight excluding hydrogens is 360 g/mol. The summed E-state index contributed by atoms with van der Waals surface area (Å²) in [6, 6.07) is 9.74. The second kappa shape index (κ2) is 6.34. The van der Waals surface area contributed by atoms with Crippen molar-refractivity contribution in [2.75, 3.05) is 21.2 Å². The van der Waals surface area contributed by atoms with Gasteiger partial charge in [-0.25, -0.2) is 0 Å². The molecule has 1 aromatic heterocycles. The summed E-state index contributed by atoms with van der Waals surface area (Å²) < 4.78 is 23.6. The Morgan fingerprint density at radius 2 is 2.07 bits per heavy atom. The molecule has 7 heteroatoms. The monoisotopic (exact) mass is 384 g/mol. The zero-order valence-electron chi connectivity index (χ0n) is 16.2. The maximum atomic E-state index is 11.4. The van der Waals surface area contributed by atoms with Gasteiger partial charge >= 0.3 is 0 Å². The zero-order chi connectivity index (χ0) is 19.5. The third-order valence-electron chi connectivity index (χ3n) is 6.15. The molecule has 1 aliphatic carbocycles. The van der Waals surface area contributed by atoms with Crippen LogP contribution in [-0.2, 0) is 16.1 Å². The summed E-state index contributed by atoms with van der Waals surface area (Å²) in [5.74, 6) is 1.63. The minimum atomic E-state index is -0.973.